The molecule has 1 aromatic heterocycles. The number of carbonyl (C=O) groups excluding carboxylic acids is 2. The lowest BCUT2D eigenvalue weighted by Crippen LogP contribution is -2.49. The van der Waals surface area contributed by atoms with Crippen LogP contribution >= 0.6 is 0 Å². The van der Waals surface area contributed by atoms with Crippen molar-refractivity contribution >= 4 is 17.5 Å². The summed E-state index contributed by atoms with van der Waals surface area (Å²) >= 11 is 0. The monoisotopic (exact) mass is 569 g/mol. The summed E-state index contributed by atoms with van der Waals surface area (Å²) in [6, 6.07) is 14.3. The SMILES string of the molecule is Cc1cc(C(=O)N2Cc3cnn(C)c3Cc3ccccc32)ccc1CCCCC(=O)N1CCN(CCC(C)(C)C)CC1. The second-order valence-electron chi connectivity index (χ2n) is 13.3. The second-order valence-corrected chi connectivity index (χ2v) is 13.3. The first-order valence-electron chi connectivity index (χ1n) is 15.6. The fourth-order valence-electron chi connectivity index (χ4n) is 6.14. The molecule has 3 aromatic rings. The largest absolute Gasteiger partial charge is 0.340 e. The summed E-state index contributed by atoms with van der Waals surface area (Å²) in [4.78, 5) is 33.1. The van der Waals surface area contributed by atoms with Gasteiger partial charge in [-0.05, 0) is 79.5 Å². The van der Waals surface area contributed by atoms with E-state index in [9.17, 15) is 9.59 Å². The Morgan fingerprint density at radius 3 is 2.45 bits per heavy atom. The van der Waals surface area contributed by atoms with E-state index >= 15 is 0 Å². The van der Waals surface area contributed by atoms with Gasteiger partial charge in [-0.1, -0.05) is 45.0 Å². The minimum absolute atomic E-state index is 0.0119. The smallest absolute Gasteiger partial charge is 0.258 e. The Hall–Kier alpha value is -3.45. The third-order valence-electron chi connectivity index (χ3n) is 8.94. The maximum absolute atomic E-state index is 13.8. The molecule has 2 aliphatic rings. The molecule has 2 aliphatic heterocycles. The average Bonchev–Trinajstić information content (AvgIpc) is 3.21. The zero-order valence-electron chi connectivity index (χ0n) is 26.2. The van der Waals surface area contributed by atoms with E-state index in [4.69, 9.17) is 0 Å². The van der Waals surface area contributed by atoms with Crippen molar-refractivity contribution in [2.75, 3.05) is 37.6 Å². The van der Waals surface area contributed by atoms with Crippen molar-refractivity contribution in [3.63, 3.8) is 0 Å². The summed E-state index contributed by atoms with van der Waals surface area (Å²) in [6.07, 6.45) is 7.22. The summed E-state index contributed by atoms with van der Waals surface area (Å²) < 4.78 is 1.92. The summed E-state index contributed by atoms with van der Waals surface area (Å²) in [5.41, 5.74) is 7.78. The van der Waals surface area contributed by atoms with E-state index in [-0.39, 0.29) is 11.8 Å². The molecule has 7 nitrogen and oxygen atoms in total. The van der Waals surface area contributed by atoms with Gasteiger partial charge in [0.15, 0.2) is 0 Å². The van der Waals surface area contributed by atoms with Gasteiger partial charge < -0.3 is 9.80 Å². The van der Waals surface area contributed by atoms with Crippen LogP contribution in [0.1, 0.15) is 84.8 Å². The molecule has 42 heavy (non-hydrogen) atoms. The van der Waals surface area contributed by atoms with Gasteiger partial charge >= 0.3 is 0 Å². The third kappa shape index (κ3) is 7.12. The minimum Gasteiger partial charge on any atom is -0.340 e. The summed E-state index contributed by atoms with van der Waals surface area (Å²) in [7, 11) is 1.97. The lowest BCUT2D eigenvalue weighted by molar-refractivity contribution is -0.133. The van der Waals surface area contributed by atoms with Crippen LogP contribution in [0, 0.1) is 12.3 Å². The number of fused-ring (bicyclic) bond motifs is 2. The number of piperazine rings is 1. The lowest BCUT2D eigenvalue weighted by Gasteiger charge is -2.36. The Balaban J connectivity index is 1.13. The van der Waals surface area contributed by atoms with Crippen LogP contribution in [-0.2, 0) is 31.2 Å². The van der Waals surface area contributed by atoms with Crippen molar-refractivity contribution in [1.82, 2.24) is 19.6 Å². The number of amides is 2. The van der Waals surface area contributed by atoms with Crippen LogP contribution in [-0.4, -0.2) is 64.1 Å². The molecule has 2 aromatic carbocycles. The number of rotatable bonds is 8. The van der Waals surface area contributed by atoms with E-state index in [1.807, 2.05) is 53.2 Å². The molecule has 0 radical (unpaired) electrons. The zero-order valence-corrected chi connectivity index (χ0v) is 26.2. The Kier molecular flexibility index (Phi) is 9.16. The Bertz CT molecular complexity index is 1410. The standard InChI is InChI=1S/C35H47N5O2/c1-26-22-29(34(42)40-25-30-24-36-37(5)32(30)23-28-11-6-8-12-31(28)40)15-14-27(26)10-7-9-13-33(41)39-20-18-38(19-21-39)17-16-35(2,3)4/h6,8,11-12,14-15,22,24H,7,9-10,13,16-21,23,25H2,1-5H3. The van der Waals surface area contributed by atoms with Gasteiger partial charge in [-0.3, -0.25) is 19.2 Å². The van der Waals surface area contributed by atoms with Crippen molar-refractivity contribution in [3.8, 4) is 0 Å². The molecule has 7 heteroatoms. The molecule has 1 saturated heterocycles. The number of aromatic nitrogens is 2. The lowest BCUT2D eigenvalue weighted by atomic mass is 9.92. The van der Waals surface area contributed by atoms with Gasteiger partial charge in [0, 0.05) is 68.6 Å². The normalized spacial score (nSPS) is 15.7. The quantitative estimate of drug-likeness (QED) is 0.323. The zero-order chi connectivity index (χ0) is 29.9. The average molecular weight is 570 g/mol. The maximum atomic E-state index is 13.8. The molecule has 0 N–H and O–H groups in total. The van der Waals surface area contributed by atoms with Gasteiger partial charge in [0.05, 0.1) is 12.7 Å². The summed E-state index contributed by atoms with van der Waals surface area (Å²) in [5, 5.41) is 4.45. The highest BCUT2D eigenvalue weighted by Crippen LogP contribution is 2.32. The van der Waals surface area contributed by atoms with Crippen LogP contribution in [0.3, 0.4) is 0 Å². The fraction of sp³-hybridized carbons (Fsp3) is 0.514. The van der Waals surface area contributed by atoms with E-state index in [1.54, 1.807) is 0 Å². The summed E-state index contributed by atoms with van der Waals surface area (Å²) in [5.74, 6) is 0.301. The van der Waals surface area contributed by atoms with E-state index in [0.717, 1.165) is 86.5 Å². The molecule has 224 valence electrons. The topological polar surface area (TPSA) is 61.7 Å². The molecule has 0 saturated carbocycles. The van der Waals surface area contributed by atoms with E-state index in [0.29, 0.717) is 23.9 Å². The predicted octanol–water partition coefficient (Wildman–Crippen LogP) is 5.77. The van der Waals surface area contributed by atoms with Crippen molar-refractivity contribution in [3.05, 3.63) is 82.2 Å². The molecule has 3 heterocycles. The minimum atomic E-state index is 0.0119. The van der Waals surface area contributed by atoms with Crippen molar-refractivity contribution in [2.45, 2.75) is 72.8 Å². The van der Waals surface area contributed by atoms with E-state index in [2.05, 4.69) is 54.7 Å². The highest BCUT2D eigenvalue weighted by molar-refractivity contribution is 6.06. The molecule has 0 unspecified atom stereocenters. The van der Waals surface area contributed by atoms with Gasteiger partial charge in [-0.15, -0.1) is 0 Å². The Labute approximate surface area is 251 Å². The van der Waals surface area contributed by atoms with Crippen LogP contribution in [0.15, 0.2) is 48.7 Å². The number of hydrogen-bond donors (Lipinski definition) is 0. The maximum Gasteiger partial charge on any atom is 0.258 e. The van der Waals surface area contributed by atoms with Gasteiger partial charge in [-0.25, -0.2) is 0 Å². The molecule has 2 amide bonds. The van der Waals surface area contributed by atoms with E-state index < -0.39 is 0 Å². The fourth-order valence-corrected chi connectivity index (χ4v) is 6.14. The first-order chi connectivity index (χ1) is 20.1. The van der Waals surface area contributed by atoms with Gasteiger partial charge in [-0.2, -0.15) is 5.10 Å². The third-order valence-corrected chi connectivity index (χ3v) is 8.94. The van der Waals surface area contributed by atoms with Crippen molar-refractivity contribution in [2.24, 2.45) is 12.5 Å². The Morgan fingerprint density at radius 1 is 0.952 bits per heavy atom. The molecule has 5 rings (SSSR count). The molecule has 0 aliphatic carbocycles. The Morgan fingerprint density at radius 2 is 1.71 bits per heavy atom. The highest BCUT2D eigenvalue weighted by atomic mass is 16.2. The second kappa shape index (κ2) is 12.8. The van der Waals surface area contributed by atoms with Crippen LogP contribution in [0.4, 0.5) is 5.69 Å². The van der Waals surface area contributed by atoms with Gasteiger partial charge in [0.2, 0.25) is 5.91 Å². The summed E-state index contributed by atoms with van der Waals surface area (Å²) in [6.45, 7) is 14.2. The number of hydrogen-bond acceptors (Lipinski definition) is 4. The predicted molar refractivity (Wildman–Crippen MR) is 169 cm³/mol. The molecule has 0 atom stereocenters. The molecular formula is C35H47N5O2. The van der Waals surface area contributed by atoms with Crippen LogP contribution in [0.2, 0.25) is 0 Å². The van der Waals surface area contributed by atoms with Gasteiger partial charge in [0.1, 0.15) is 0 Å². The molecule has 1 fully saturated rings. The number of nitrogens with zero attached hydrogens (tertiary/aromatic N) is 5. The molecular weight excluding hydrogens is 522 g/mol. The number of para-hydroxylation sites is 1. The van der Waals surface area contributed by atoms with Gasteiger partial charge in [0.25, 0.3) is 5.91 Å². The van der Waals surface area contributed by atoms with Crippen LogP contribution in [0.5, 0.6) is 0 Å². The highest BCUT2D eigenvalue weighted by Gasteiger charge is 2.27. The number of aryl methyl sites for hydroxylation is 3. The number of carbonyl (C=O) groups is 2. The van der Waals surface area contributed by atoms with Crippen molar-refractivity contribution in [1.29, 1.82) is 0 Å². The molecule has 0 spiro atoms. The van der Waals surface area contributed by atoms with Crippen molar-refractivity contribution < 1.29 is 9.59 Å². The molecule has 0 bridgehead atoms. The number of anilines is 1. The number of unbranched alkanes of at least 4 members (excludes halogenated alkanes) is 1. The first kappa shape index (κ1) is 30.0. The van der Waals surface area contributed by atoms with Crippen LogP contribution < -0.4 is 4.90 Å². The first-order valence-corrected chi connectivity index (χ1v) is 15.6. The van der Waals surface area contributed by atoms with Crippen LogP contribution in [0.25, 0.3) is 0 Å². The van der Waals surface area contributed by atoms with E-state index in [1.165, 1.54) is 12.0 Å². The number of benzene rings is 2.